The number of hydrogen-bond donors (Lipinski definition) is 2. The summed E-state index contributed by atoms with van der Waals surface area (Å²) in [6.07, 6.45) is 0.721. The zero-order chi connectivity index (χ0) is 25.5. The van der Waals surface area contributed by atoms with Crippen LogP contribution in [0.15, 0.2) is 42.5 Å². The van der Waals surface area contributed by atoms with Crippen molar-refractivity contribution in [2.75, 3.05) is 27.3 Å². The molecule has 3 rings (SSSR count). The zero-order valence-corrected chi connectivity index (χ0v) is 20.6. The normalized spacial score (nSPS) is 16.7. The van der Waals surface area contributed by atoms with Gasteiger partial charge in [0, 0.05) is 11.6 Å². The molecular weight excluding hydrogens is 474 g/mol. The van der Waals surface area contributed by atoms with Gasteiger partial charge in [-0.25, -0.2) is 9.59 Å². The first-order chi connectivity index (χ1) is 16.8. The Kier molecular flexibility index (Phi) is 8.70. The van der Waals surface area contributed by atoms with Crippen LogP contribution >= 0.6 is 11.6 Å². The van der Waals surface area contributed by atoms with Crippen LogP contribution in [0.3, 0.4) is 0 Å². The van der Waals surface area contributed by atoms with Gasteiger partial charge in [-0.05, 0) is 54.3 Å². The summed E-state index contributed by atoms with van der Waals surface area (Å²) in [5.74, 6) is -1.55. The van der Waals surface area contributed by atoms with Gasteiger partial charge in [0.15, 0.2) is 0 Å². The lowest BCUT2D eigenvalue weighted by Gasteiger charge is -2.25. The van der Waals surface area contributed by atoms with Gasteiger partial charge in [0.2, 0.25) is 11.8 Å². The summed E-state index contributed by atoms with van der Waals surface area (Å²) in [5.41, 5.74) is 1.72. The molecule has 0 spiro atoms. The zero-order valence-electron chi connectivity index (χ0n) is 19.8. The number of esters is 1. The number of hydrogen-bond acceptors (Lipinski definition) is 6. The second kappa shape index (κ2) is 11.7. The summed E-state index contributed by atoms with van der Waals surface area (Å²) in [4.78, 5) is 51.7. The summed E-state index contributed by atoms with van der Waals surface area (Å²) in [7, 11) is 2.81. The van der Waals surface area contributed by atoms with E-state index in [0.717, 1.165) is 4.90 Å². The van der Waals surface area contributed by atoms with Crippen molar-refractivity contribution >= 4 is 35.4 Å². The molecule has 1 aliphatic rings. The molecule has 10 heteroatoms. The second-order valence-electron chi connectivity index (χ2n) is 8.11. The highest BCUT2D eigenvalue weighted by Crippen LogP contribution is 2.26. The number of imide groups is 1. The van der Waals surface area contributed by atoms with Crippen LogP contribution in [0, 0.1) is 5.92 Å². The summed E-state index contributed by atoms with van der Waals surface area (Å²) in [5, 5.41) is 6.01. The predicted octanol–water partition coefficient (Wildman–Crippen LogP) is 3.11. The van der Waals surface area contributed by atoms with Crippen molar-refractivity contribution in [1.82, 2.24) is 15.5 Å². The van der Waals surface area contributed by atoms with Crippen molar-refractivity contribution in [3.63, 3.8) is 0 Å². The van der Waals surface area contributed by atoms with Crippen molar-refractivity contribution in [2.45, 2.75) is 25.8 Å². The molecule has 2 N–H and O–H groups in total. The van der Waals surface area contributed by atoms with Crippen molar-refractivity contribution in [1.29, 1.82) is 0 Å². The average molecular weight is 502 g/mol. The number of halogens is 1. The summed E-state index contributed by atoms with van der Waals surface area (Å²) in [6.45, 7) is 1.54. The minimum Gasteiger partial charge on any atom is -0.496 e. The highest BCUT2D eigenvalue weighted by atomic mass is 35.5. The lowest BCUT2D eigenvalue weighted by atomic mass is 9.97. The van der Waals surface area contributed by atoms with E-state index >= 15 is 0 Å². The van der Waals surface area contributed by atoms with E-state index in [0.29, 0.717) is 33.9 Å². The molecule has 0 aromatic heterocycles. The molecule has 2 aromatic rings. The number of rotatable bonds is 7. The number of amides is 4. The van der Waals surface area contributed by atoms with E-state index < -0.39 is 42.3 Å². The Morgan fingerprint density at radius 1 is 1.20 bits per heavy atom. The van der Waals surface area contributed by atoms with Gasteiger partial charge < -0.3 is 20.1 Å². The molecule has 0 aliphatic carbocycles. The highest BCUT2D eigenvalue weighted by Gasteiger charge is 2.35. The van der Waals surface area contributed by atoms with E-state index in [9.17, 15) is 19.2 Å². The van der Waals surface area contributed by atoms with Crippen LogP contribution in [-0.2, 0) is 20.7 Å². The molecule has 35 heavy (non-hydrogen) atoms. The Bertz CT molecular complexity index is 1120. The maximum atomic E-state index is 13.3. The third-order valence-corrected chi connectivity index (χ3v) is 6.07. The van der Waals surface area contributed by atoms with Crippen LogP contribution in [-0.4, -0.2) is 56.0 Å². The highest BCUT2D eigenvalue weighted by molar-refractivity contribution is 6.30. The molecule has 0 saturated carbocycles. The molecule has 0 bridgehead atoms. The van der Waals surface area contributed by atoms with Gasteiger partial charge in [0.25, 0.3) is 0 Å². The lowest BCUT2D eigenvalue weighted by Crippen LogP contribution is -2.48. The Hall–Kier alpha value is -3.59. The number of ether oxygens (including phenoxy) is 2. The van der Waals surface area contributed by atoms with Crippen LogP contribution in [0.5, 0.6) is 5.75 Å². The molecule has 2 atom stereocenters. The number of benzene rings is 2. The number of carbonyl (C=O) groups excluding carboxylic acids is 4. The number of methoxy groups -OCH3 is 2. The van der Waals surface area contributed by atoms with Crippen molar-refractivity contribution in [3.05, 3.63) is 64.2 Å². The Morgan fingerprint density at radius 2 is 1.97 bits per heavy atom. The van der Waals surface area contributed by atoms with Gasteiger partial charge >= 0.3 is 12.0 Å². The molecule has 9 nitrogen and oxygen atoms in total. The van der Waals surface area contributed by atoms with Crippen LogP contribution in [0.1, 0.15) is 40.9 Å². The molecule has 2 aromatic carbocycles. The molecular formula is C25H28ClN3O6. The van der Waals surface area contributed by atoms with Crippen molar-refractivity contribution < 1.29 is 28.7 Å². The monoisotopic (exact) mass is 501 g/mol. The van der Waals surface area contributed by atoms with Crippen LogP contribution < -0.4 is 15.4 Å². The largest absolute Gasteiger partial charge is 0.496 e. The van der Waals surface area contributed by atoms with Gasteiger partial charge in [-0.1, -0.05) is 30.7 Å². The maximum Gasteiger partial charge on any atom is 0.337 e. The maximum absolute atomic E-state index is 13.3. The fraction of sp³-hybridized carbons (Fsp3) is 0.360. The lowest BCUT2D eigenvalue weighted by molar-refractivity contribution is -0.133. The van der Waals surface area contributed by atoms with E-state index in [1.807, 2.05) is 6.92 Å². The fourth-order valence-electron chi connectivity index (χ4n) is 3.97. The van der Waals surface area contributed by atoms with Crippen LogP contribution in [0.25, 0.3) is 0 Å². The molecule has 1 fully saturated rings. The molecule has 1 heterocycles. The number of carbonyl (C=O) groups is 4. The average Bonchev–Trinajstić information content (AvgIpc) is 3.00. The van der Waals surface area contributed by atoms with Crippen LogP contribution in [0.4, 0.5) is 4.79 Å². The minimum atomic E-state index is -0.692. The second-order valence-corrected chi connectivity index (χ2v) is 8.55. The van der Waals surface area contributed by atoms with Gasteiger partial charge in [-0.2, -0.15) is 0 Å². The quantitative estimate of drug-likeness (QED) is 0.563. The van der Waals surface area contributed by atoms with E-state index in [4.69, 9.17) is 21.1 Å². The standard InChI is InChI=1S/C25H28ClN3O6/c1-4-20(15-6-5-7-16(10-15)24(32)35-3)28-25(33)29-14-22(30)27-13-18(23(29)31)11-17-12-19(26)8-9-21(17)34-2/h5-10,12,18,20H,4,11,13-14H2,1-3H3,(H,27,30)(H,28,33)/t18-,20+/m0/s1. The Labute approximate surface area is 208 Å². The van der Waals surface area contributed by atoms with E-state index in [2.05, 4.69) is 10.6 Å². The summed E-state index contributed by atoms with van der Waals surface area (Å²) < 4.78 is 10.1. The number of nitrogens with zero attached hydrogens (tertiary/aromatic N) is 1. The number of nitrogens with one attached hydrogen (secondary N) is 2. The van der Waals surface area contributed by atoms with E-state index in [1.165, 1.54) is 14.2 Å². The first kappa shape index (κ1) is 26.0. The predicted molar refractivity (Wildman–Crippen MR) is 129 cm³/mol. The Balaban J connectivity index is 1.81. The topological polar surface area (TPSA) is 114 Å². The van der Waals surface area contributed by atoms with E-state index in [1.54, 1.807) is 42.5 Å². The summed E-state index contributed by atoms with van der Waals surface area (Å²) in [6, 6.07) is 10.6. The van der Waals surface area contributed by atoms with Crippen LogP contribution in [0.2, 0.25) is 5.02 Å². The van der Waals surface area contributed by atoms with Gasteiger partial charge in [-0.3, -0.25) is 14.5 Å². The first-order valence-corrected chi connectivity index (χ1v) is 11.5. The third-order valence-electron chi connectivity index (χ3n) is 5.83. The molecule has 0 radical (unpaired) electrons. The molecule has 1 saturated heterocycles. The first-order valence-electron chi connectivity index (χ1n) is 11.2. The molecule has 1 aliphatic heterocycles. The van der Waals surface area contributed by atoms with E-state index in [-0.39, 0.29) is 13.0 Å². The van der Waals surface area contributed by atoms with Gasteiger partial charge in [0.05, 0.1) is 31.7 Å². The smallest absolute Gasteiger partial charge is 0.337 e. The van der Waals surface area contributed by atoms with Gasteiger partial charge in [-0.15, -0.1) is 0 Å². The SMILES string of the molecule is CC[C@@H](NC(=O)N1CC(=O)NC[C@H](Cc2cc(Cl)ccc2OC)C1=O)c1cccc(C(=O)OC)c1. The molecule has 0 unspecified atom stereocenters. The Morgan fingerprint density at radius 3 is 2.66 bits per heavy atom. The fourth-order valence-corrected chi connectivity index (χ4v) is 4.17. The third kappa shape index (κ3) is 6.30. The summed E-state index contributed by atoms with van der Waals surface area (Å²) >= 11 is 6.12. The van der Waals surface area contributed by atoms with Gasteiger partial charge in [0.1, 0.15) is 12.3 Å². The minimum absolute atomic E-state index is 0.0789. The van der Waals surface area contributed by atoms with Crippen molar-refractivity contribution in [3.8, 4) is 5.75 Å². The molecule has 186 valence electrons. The number of urea groups is 1. The van der Waals surface area contributed by atoms with Crippen molar-refractivity contribution in [2.24, 2.45) is 5.92 Å². The molecule has 4 amide bonds.